The van der Waals surface area contributed by atoms with Crippen LogP contribution in [0.15, 0.2) is 0 Å². The van der Waals surface area contributed by atoms with Gasteiger partial charge >= 0.3 is 0 Å². The van der Waals surface area contributed by atoms with Crippen molar-refractivity contribution in [2.75, 3.05) is 20.8 Å². The van der Waals surface area contributed by atoms with Gasteiger partial charge in [0.25, 0.3) is 0 Å². The van der Waals surface area contributed by atoms with Crippen LogP contribution in [0.3, 0.4) is 0 Å². The maximum absolute atomic E-state index is 5.46. The van der Waals surface area contributed by atoms with Crippen LogP contribution in [-0.2, 0) is 14.5 Å². The van der Waals surface area contributed by atoms with E-state index in [-0.39, 0.29) is 0 Å². The maximum atomic E-state index is 5.46. The zero-order valence-electron chi connectivity index (χ0n) is 11.9. The predicted molar refractivity (Wildman–Crippen MR) is 71.2 cm³/mol. The van der Waals surface area contributed by atoms with Gasteiger partial charge in [-0.15, -0.1) is 0 Å². The van der Waals surface area contributed by atoms with Crippen molar-refractivity contribution in [2.24, 2.45) is 17.8 Å². The Kier molecular flexibility index (Phi) is 5.93. The molecule has 0 unspecified atom stereocenters. The lowest BCUT2D eigenvalue weighted by molar-refractivity contribution is -0.281. The van der Waals surface area contributed by atoms with E-state index in [2.05, 4.69) is 0 Å². The molecule has 0 spiro atoms. The van der Waals surface area contributed by atoms with E-state index in [0.29, 0.717) is 6.10 Å². The molecule has 0 radical (unpaired) electrons. The molecule has 3 heteroatoms. The van der Waals surface area contributed by atoms with Gasteiger partial charge in [0.1, 0.15) is 0 Å². The molecular weight excluding hydrogens is 228 g/mol. The summed E-state index contributed by atoms with van der Waals surface area (Å²) in [5, 5.41) is 0. The van der Waals surface area contributed by atoms with Gasteiger partial charge in [-0.25, -0.2) is 9.78 Å². The van der Waals surface area contributed by atoms with Gasteiger partial charge in [-0.1, -0.05) is 0 Å². The number of hydrogen-bond donors (Lipinski definition) is 0. The molecule has 0 aromatic heterocycles. The summed E-state index contributed by atoms with van der Waals surface area (Å²) in [5.41, 5.74) is 0. The Hall–Kier alpha value is -0.120. The average molecular weight is 256 g/mol. The molecule has 2 aliphatic carbocycles. The summed E-state index contributed by atoms with van der Waals surface area (Å²) in [6, 6.07) is 0. The zero-order valence-corrected chi connectivity index (χ0v) is 11.9. The molecule has 0 N–H and O–H groups in total. The molecule has 3 nitrogen and oxygen atoms in total. The van der Waals surface area contributed by atoms with E-state index in [1.54, 1.807) is 7.11 Å². The van der Waals surface area contributed by atoms with Crippen LogP contribution in [-0.4, -0.2) is 26.9 Å². The minimum Gasteiger partial charge on any atom is -0.381 e. The van der Waals surface area contributed by atoms with Crippen molar-refractivity contribution in [3.63, 3.8) is 0 Å². The fourth-order valence-electron chi connectivity index (χ4n) is 3.79. The first-order valence-corrected chi connectivity index (χ1v) is 7.52. The molecule has 2 saturated carbocycles. The first kappa shape index (κ1) is 14.3. The Balaban J connectivity index is 1.67. The Bertz CT molecular complexity index is 216. The topological polar surface area (TPSA) is 27.7 Å². The van der Waals surface area contributed by atoms with Crippen LogP contribution in [0.4, 0.5) is 0 Å². The molecule has 0 atom stereocenters. The van der Waals surface area contributed by atoms with Gasteiger partial charge in [0.05, 0.1) is 19.8 Å². The van der Waals surface area contributed by atoms with Crippen molar-refractivity contribution in [3.05, 3.63) is 0 Å². The van der Waals surface area contributed by atoms with E-state index in [0.717, 1.165) is 24.4 Å². The molecule has 0 heterocycles. The van der Waals surface area contributed by atoms with E-state index in [1.165, 1.54) is 51.4 Å². The molecule has 2 fully saturated rings. The molecule has 0 amide bonds. The van der Waals surface area contributed by atoms with Crippen LogP contribution in [0.5, 0.6) is 0 Å². The summed E-state index contributed by atoms with van der Waals surface area (Å²) in [5.74, 6) is 2.64. The van der Waals surface area contributed by atoms with Crippen LogP contribution in [0.2, 0.25) is 0 Å². The van der Waals surface area contributed by atoms with Crippen molar-refractivity contribution in [2.45, 2.75) is 57.5 Å². The summed E-state index contributed by atoms with van der Waals surface area (Å²) >= 11 is 0. The Morgan fingerprint density at radius 2 is 1.33 bits per heavy atom. The Labute approximate surface area is 111 Å². The highest BCUT2D eigenvalue weighted by molar-refractivity contribution is 4.82. The molecule has 0 bridgehead atoms. The van der Waals surface area contributed by atoms with E-state index >= 15 is 0 Å². The summed E-state index contributed by atoms with van der Waals surface area (Å²) in [6.45, 7) is 0.777. The van der Waals surface area contributed by atoms with Crippen molar-refractivity contribution in [1.29, 1.82) is 0 Å². The van der Waals surface area contributed by atoms with Crippen LogP contribution in [0, 0.1) is 17.8 Å². The number of methoxy groups -OCH3 is 1. The van der Waals surface area contributed by atoms with Crippen molar-refractivity contribution in [3.8, 4) is 0 Å². The average Bonchev–Trinajstić information content (AvgIpc) is 2.46. The number of rotatable bonds is 5. The summed E-state index contributed by atoms with van der Waals surface area (Å²) in [7, 11) is 3.45. The van der Waals surface area contributed by atoms with Gasteiger partial charge in [-0.05, 0) is 69.1 Å². The molecule has 106 valence electrons. The zero-order chi connectivity index (χ0) is 12.8. The van der Waals surface area contributed by atoms with E-state index < -0.39 is 0 Å². The van der Waals surface area contributed by atoms with Crippen LogP contribution < -0.4 is 0 Å². The monoisotopic (exact) mass is 256 g/mol. The fraction of sp³-hybridized carbons (Fsp3) is 1.00. The molecule has 0 aromatic carbocycles. The molecule has 2 rings (SSSR count). The molecule has 18 heavy (non-hydrogen) atoms. The summed E-state index contributed by atoms with van der Waals surface area (Å²) in [4.78, 5) is 9.76. The maximum Gasteiger partial charge on any atom is 0.0850 e. The third-order valence-electron chi connectivity index (χ3n) is 5.03. The lowest BCUT2D eigenvalue weighted by Gasteiger charge is -2.37. The second-order valence-electron chi connectivity index (χ2n) is 6.00. The molecular formula is C15H28O3. The lowest BCUT2D eigenvalue weighted by Crippen LogP contribution is -2.29. The first-order valence-electron chi connectivity index (χ1n) is 7.52. The molecule has 0 saturated heterocycles. The molecule has 2 aliphatic rings. The minimum atomic E-state index is 0.535. The third-order valence-corrected chi connectivity index (χ3v) is 5.03. The van der Waals surface area contributed by atoms with Gasteiger partial charge in [-0.2, -0.15) is 0 Å². The molecule has 0 aliphatic heterocycles. The van der Waals surface area contributed by atoms with E-state index in [4.69, 9.17) is 14.5 Å². The first-order chi connectivity index (χ1) is 8.83. The second kappa shape index (κ2) is 7.46. The summed E-state index contributed by atoms with van der Waals surface area (Å²) < 4.78 is 5.46. The predicted octanol–water partition coefficient (Wildman–Crippen LogP) is 3.58. The van der Waals surface area contributed by atoms with Gasteiger partial charge in [0.2, 0.25) is 0 Å². The van der Waals surface area contributed by atoms with Crippen LogP contribution in [0.25, 0.3) is 0 Å². The highest BCUT2D eigenvalue weighted by Gasteiger charge is 2.30. The van der Waals surface area contributed by atoms with Gasteiger partial charge in [0, 0.05) is 7.11 Å². The fourth-order valence-corrected chi connectivity index (χ4v) is 3.79. The lowest BCUT2D eigenvalue weighted by atomic mass is 9.71. The van der Waals surface area contributed by atoms with Gasteiger partial charge < -0.3 is 4.74 Å². The smallest absolute Gasteiger partial charge is 0.0850 e. The van der Waals surface area contributed by atoms with Crippen molar-refractivity contribution in [1.82, 2.24) is 0 Å². The molecule has 0 aromatic rings. The second-order valence-corrected chi connectivity index (χ2v) is 6.00. The SMILES string of the molecule is COOCC1CCC(C2CCC(OC)CC2)CC1. The van der Waals surface area contributed by atoms with Gasteiger partial charge in [0.15, 0.2) is 0 Å². The highest BCUT2D eigenvalue weighted by Crippen LogP contribution is 2.40. The normalized spacial score (nSPS) is 37.7. The Morgan fingerprint density at radius 1 is 0.778 bits per heavy atom. The highest BCUT2D eigenvalue weighted by atomic mass is 17.2. The number of ether oxygens (including phenoxy) is 1. The quantitative estimate of drug-likeness (QED) is 0.556. The van der Waals surface area contributed by atoms with Crippen molar-refractivity contribution >= 4 is 0 Å². The van der Waals surface area contributed by atoms with E-state index in [1.807, 2.05) is 7.11 Å². The largest absolute Gasteiger partial charge is 0.381 e. The third kappa shape index (κ3) is 3.94. The Morgan fingerprint density at radius 3 is 1.83 bits per heavy atom. The number of hydrogen-bond acceptors (Lipinski definition) is 3. The van der Waals surface area contributed by atoms with Crippen LogP contribution >= 0.6 is 0 Å². The minimum absolute atomic E-state index is 0.535. The van der Waals surface area contributed by atoms with E-state index in [9.17, 15) is 0 Å². The van der Waals surface area contributed by atoms with Crippen molar-refractivity contribution < 1.29 is 14.5 Å². The van der Waals surface area contributed by atoms with Crippen LogP contribution in [0.1, 0.15) is 51.4 Å². The summed E-state index contributed by atoms with van der Waals surface area (Å²) in [6.07, 6.45) is 11.2. The standard InChI is InChI=1S/C15H28O3/c1-16-15-9-7-14(8-10-15)13-5-3-12(4-6-13)11-18-17-2/h12-15H,3-11H2,1-2H3. The van der Waals surface area contributed by atoms with Gasteiger partial charge in [-0.3, -0.25) is 0 Å².